The van der Waals surface area contributed by atoms with Gasteiger partial charge in [-0.1, -0.05) is 28.5 Å². The van der Waals surface area contributed by atoms with Crippen molar-refractivity contribution in [1.82, 2.24) is 5.32 Å². The molecule has 22 heavy (non-hydrogen) atoms. The molecule has 2 N–H and O–H groups in total. The van der Waals surface area contributed by atoms with Gasteiger partial charge in [0.1, 0.15) is 0 Å². The van der Waals surface area contributed by atoms with E-state index >= 15 is 0 Å². The first-order chi connectivity index (χ1) is 10.8. The van der Waals surface area contributed by atoms with Gasteiger partial charge in [-0.05, 0) is 42.3 Å². The van der Waals surface area contributed by atoms with Gasteiger partial charge in [-0.25, -0.2) is 4.72 Å². The fourth-order valence-corrected chi connectivity index (χ4v) is 5.33. The van der Waals surface area contributed by atoms with Crippen LogP contribution >= 0.6 is 11.3 Å². The summed E-state index contributed by atoms with van der Waals surface area (Å²) in [6.07, 6.45) is 0.978. The van der Waals surface area contributed by atoms with Crippen LogP contribution in [0.1, 0.15) is 11.1 Å². The summed E-state index contributed by atoms with van der Waals surface area (Å²) in [4.78, 5) is 0.905. The smallest absolute Gasteiger partial charge is 0.198 e. The Bertz CT molecular complexity index is 857. The predicted octanol–water partition coefficient (Wildman–Crippen LogP) is 3.63. The summed E-state index contributed by atoms with van der Waals surface area (Å²) < 4.78 is 17.2. The number of rotatable bonds is 3. The van der Waals surface area contributed by atoms with Crippen LogP contribution in [0.2, 0.25) is 0 Å². The highest BCUT2D eigenvalue weighted by molar-refractivity contribution is 7.86. The first-order valence-electron chi connectivity index (χ1n) is 7.34. The average molecular weight is 329 g/mol. The molecule has 1 atom stereocenters. The number of anilines is 1. The Balaban J connectivity index is 1.68. The van der Waals surface area contributed by atoms with Crippen molar-refractivity contribution in [2.45, 2.75) is 17.9 Å². The molecule has 4 rings (SSSR count). The lowest BCUT2D eigenvalue weighted by Crippen LogP contribution is -2.24. The third-order valence-corrected chi connectivity index (χ3v) is 6.43. The van der Waals surface area contributed by atoms with Crippen molar-refractivity contribution in [1.29, 1.82) is 0 Å². The van der Waals surface area contributed by atoms with Crippen LogP contribution in [0, 0.1) is 0 Å². The van der Waals surface area contributed by atoms with Gasteiger partial charge in [0.25, 0.3) is 0 Å². The van der Waals surface area contributed by atoms with Crippen molar-refractivity contribution in [2.75, 3.05) is 11.3 Å². The van der Waals surface area contributed by atoms with E-state index in [1.54, 1.807) is 11.3 Å². The molecule has 0 saturated heterocycles. The predicted molar refractivity (Wildman–Crippen MR) is 95.0 cm³/mol. The molecule has 2 aromatic carbocycles. The van der Waals surface area contributed by atoms with Crippen LogP contribution < -0.4 is 10.0 Å². The van der Waals surface area contributed by atoms with Gasteiger partial charge >= 0.3 is 0 Å². The molecular weight excluding hydrogens is 312 g/mol. The Labute approximate surface area is 136 Å². The van der Waals surface area contributed by atoms with Crippen molar-refractivity contribution in [3.63, 3.8) is 0 Å². The van der Waals surface area contributed by atoms with Gasteiger partial charge in [-0.2, -0.15) is 0 Å². The molecule has 0 saturated carbocycles. The zero-order valence-corrected chi connectivity index (χ0v) is 13.7. The molecule has 1 aliphatic heterocycles. The molecule has 2 heterocycles. The van der Waals surface area contributed by atoms with E-state index in [9.17, 15) is 4.21 Å². The molecule has 0 bridgehead atoms. The molecule has 5 heteroatoms. The number of fused-ring (bicyclic) bond motifs is 2. The van der Waals surface area contributed by atoms with Crippen molar-refractivity contribution >= 4 is 38.1 Å². The quantitative estimate of drug-likeness (QED) is 0.569. The highest BCUT2D eigenvalue weighted by Gasteiger charge is 2.19. The summed E-state index contributed by atoms with van der Waals surface area (Å²) in [6, 6.07) is 14.3. The van der Waals surface area contributed by atoms with Gasteiger partial charge in [-0.3, -0.25) is 0 Å². The van der Waals surface area contributed by atoms with Crippen LogP contribution in [0.3, 0.4) is 0 Å². The standard InChI is InChI=1S/C17H16N2OS2/c20-22(17-11-21-16-7-2-1-5-14(16)17)19-15-6-3-4-12-10-18-9-8-13(12)15/h1-7,11,18H,8-10H2,(H,19,20)/p+1. The average Bonchev–Trinajstić information content (AvgIpc) is 2.99. The summed E-state index contributed by atoms with van der Waals surface area (Å²) in [5.41, 5.74) is 3.61. The third-order valence-electron chi connectivity index (χ3n) is 4.04. The number of benzene rings is 2. The zero-order chi connectivity index (χ0) is 14.9. The summed E-state index contributed by atoms with van der Waals surface area (Å²) in [6.45, 7) is 1.87. The number of thiophene rings is 1. The van der Waals surface area contributed by atoms with Crippen LogP contribution in [-0.2, 0) is 28.2 Å². The molecule has 0 spiro atoms. The summed E-state index contributed by atoms with van der Waals surface area (Å²) in [7, 11) is -1.64. The van der Waals surface area contributed by atoms with Gasteiger partial charge in [0.15, 0.2) is 15.9 Å². The number of thiol groups is 1. The lowest BCUT2D eigenvalue weighted by Gasteiger charge is -2.19. The zero-order valence-electron chi connectivity index (χ0n) is 12.0. The third kappa shape index (κ3) is 2.45. The molecule has 112 valence electrons. The monoisotopic (exact) mass is 329 g/mol. The Hall–Kier alpha value is -1.69. The summed E-state index contributed by atoms with van der Waals surface area (Å²) >= 11 is 1.65. The number of hydrogen-bond acceptors (Lipinski definition) is 3. The lowest BCUT2D eigenvalue weighted by atomic mass is 9.99. The van der Waals surface area contributed by atoms with Crippen LogP contribution in [0.4, 0.5) is 5.69 Å². The van der Waals surface area contributed by atoms with Gasteiger partial charge in [0, 0.05) is 22.0 Å². The minimum absolute atomic E-state index is 0.892. The van der Waals surface area contributed by atoms with E-state index in [1.807, 2.05) is 35.7 Å². The van der Waals surface area contributed by atoms with E-state index in [4.69, 9.17) is 0 Å². The van der Waals surface area contributed by atoms with E-state index in [1.165, 1.54) is 15.8 Å². The van der Waals surface area contributed by atoms with E-state index < -0.39 is 11.0 Å². The van der Waals surface area contributed by atoms with Crippen molar-refractivity contribution in [3.8, 4) is 0 Å². The first kappa shape index (κ1) is 13.9. The topological polar surface area (TPSA) is 41.1 Å². The largest absolute Gasteiger partial charge is 0.312 e. The normalized spacial score (nSPS) is 15.5. The maximum atomic E-state index is 12.8. The summed E-state index contributed by atoms with van der Waals surface area (Å²) in [5.74, 6) is 0. The molecule has 3 nitrogen and oxygen atoms in total. The van der Waals surface area contributed by atoms with Crippen LogP contribution in [0.25, 0.3) is 10.1 Å². The maximum Gasteiger partial charge on any atom is 0.198 e. The molecule has 1 aliphatic rings. The second-order valence-corrected chi connectivity index (χ2v) is 7.60. The van der Waals surface area contributed by atoms with Crippen molar-refractivity contribution < 1.29 is 4.21 Å². The fraction of sp³-hybridized carbons (Fsp3) is 0.176. The maximum absolute atomic E-state index is 12.8. The van der Waals surface area contributed by atoms with Gasteiger partial charge in [0.2, 0.25) is 0 Å². The first-order valence-corrected chi connectivity index (χ1v) is 9.48. The van der Waals surface area contributed by atoms with Crippen LogP contribution in [0.5, 0.6) is 0 Å². The second kappa shape index (κ2) is 5.83. The fourth-order valence-electron chi connectivity index (χ4n) is 2.93. The Kier molecular flexibility index (Phi) is 3.70. The van der Waals surface area contributed by atoms with E-state index in [2.05, 4.69) is 22.2 Å². The van der Waals surface area contributed by atoms with Crippen LogP contribution in [0.15, 0.2) is 52.7 Å². The minimum Gasteiger partial charge on any atom is -0.312 e. The van der Waals surface area contributed by atoms with Gasteiger partial charge in [-0.15, -0.1) is 11.3 Å². The Morgan fingerprint density at radius 2 is 2.05 bits per heavy atom. The molecule has 1 aromatic heterocycles. The Morgan fingerprint density at radius 3 is 3.00 bits per heavy atom. The highest BCUT2D eigenvalue weighted by atomic mass is 32.2. The molecule has 0 aliphatic carbocycles. The van der Waals surface area contributed by atoms with E-state index in [-0.39, 0.29) is 0 Å². The lowest BCUT2D eigenvalue weighted by molar-refractivity contribution is 0.598. The molecule has 0 radical (unpaired) electrons. The Morgan fingerprint density at radius 1 is 1.14 bits per heavy atom. The van der Waals surface area contributed by atoms with E-state index in [0.717, 1.165) is 35.5 Å². The van der Waals surface area contributed by atoms with Gasteiger partial charge < -0.3 is 5.32 Å². The minimum atomic E-state index is -1.64. The second-order valence-electron chi connectivity index (χ2n) is 5.39. The van der Waals surface area contributed by atoms with Gasteiger partial charge in [0.05, 0.1) is 5.69 Å². The molecule has 3 aromatic rings. The SMILES string of the molecule is O=[SH+](Nc1cccc2c1CCNC2)c1csc2ccccc12. The number of hydrogen-bond donors (Lipinski definition) is 2. The summed E-state index contributed by atoms with van der Waals surface area (Å²) in [5, 5.41) is 6.47. The molecule has 0 fully saturated rings. The molecule has 0 amide bonds. The van der Waals surface area contributed by atoms with Crippen molar-refractivity contribution in [2.24, 2.45) is 0 Å². The van der Waals surface area contributed by atoms with Crippen LogP contribution in [-0.4, -0.2) is 6.54 Å². The molecule has 1 unspecified atom stereocenters. The van der Waals surface area contributed by atoms with Crippen molar-refractivity contribution in [3.05, 3.63) is 59.0 Å². The highest BCUT2D eigenvalue weighted by Crippen LogP contribution is 2.30. The van der Waals surface area contributed by atoms with E-state index in [0.29, 0.717) is 0 Å². The number of nitrogens with one attached hydrogen (secondary N) is 2. The molecular formula is C17H17N2OS2+.